The predicted octanol–water partition coefficient (Wildman–Crippen LogP) is 3.66. The Balaban J connectivity index is 1.53. The number of carbonyl (C=O) groups is 1. The molecule has 142 valence electrons. The van der Waals surface area contributed by atoms with Crippen molar-refractivity contribution in [2.75, 3.05) is 5.32 Å². The largest absolute Gasteiger partial charge is 0.305 e. The second-order valence-electron chi connectivity index (χ2n) is 7.17. The summed E-state index contributed by atoms with van der Waals surface area (Å²) in [5.41, 5.74) is 5.16. The Kier molecular flexibility index (Phi) is 4.01. The number of aromatic nitrogens is 5. The van der Waals surface area contributed by atoms with Crippen molar-refractivity contribution in [2.45, 2.75) is 32.6 Å². The van der Waals surface area contributed by atoms with E-state index < -0.39 is 0 Å². The minimum absolute atomic E-state index is 0.224. The van der Waals surface area contributed by atoms with Crippen LogP contribution < -0.4 is 5.32 Å². The molecule has 1 amide bonds. The van der Waals surface area contributed by atoms with Crippen LogP contribution >= 0.6 is 11.3 Å². The van der Waals surface area contributed by atoms with E-state index in [0.29, 0.717) is 11.5 Å². The van der Waals surface area contributed by atoms with Crippen LogP contribution in [0.25, 0.3) is 15.3 Å². The fourth-order valence-electron chi connectivity index (χ4n) is 3.75. The molecule has 0 saturated heterocycles. The smallest absolute Gasteiger partial charge is 0.275 e. The molecule has 7 nitrogen and oxygen atoms in total. The summed E-state index contributed by atoms with van der Waals surface area (Å²) in [5.74, 6) is 0.380. The van der Waals surface area contributed by atoms with Gasteiger partial charge in [-0.15, -0.1) is 0 Å². The third-order valence-electron chi connectivity index (χ3n) is 5.15. The summed E-state index contributed by atoms with van der Waals surface area (Å²) < 4.78 is 4.42. The molecule has 5 rings (SSSR count). The molecule has 1 aromatic carbocycles. The molecular weight excluding hydrogens is 372 g/mol. The average molecular weight is 392 g/mol. The van der Waals surface area contributed by atoms with Gasteiger partial charge in [-0.3, -0.25) is 9.48 Å². The molecule has 1 aliphatic rings. The van der Waals surface area contributed by atoms with Crippen molar-refractivity contribution < 1.29 is 4.79 Å². The number of amides is 1. The van der Waals surface area contributed by atoms with E-state index in [1.807, 2.05) is 13.0 Å². The number of rotatable bonds is 3. The lowest BCUT2D eigenvalue weighted by molar-refractivity contribution is 0.101. The number of aryl methyl sites for hydroxylation is 4. The van der Waals surface area contributed by atoms with Crippen molar-refractivity contribution in [1.82, 2.24) is 24.5 Å². The lowest BCUT2D eigenvalue weighted by atomic mass is 9.92. The molecule has 0 aliphatic heterocycles. The monoisotopic (exact) mass is 392 g/mol. The van der Waals surface area contributed by atoms with Crippen LogP contribution in [-0.4, -0.2) is 30.5 Å². The summed E-state index contributed by atoms with van der Waals surface area (Å²) in [5, 5.41) is 12.3. The minimum atomic E-state index is -0.224. The average Bonchev–Trinajstić information content (AvgIpc) is 3.37. The van der Waals surface area contributed by atoms with E-state index in [1.165, 1.54) is 24.0 Å². The summed E-state index contributed by atoms with van der Waals surface area (Å²) in [4.78, 5) is 17.4. The summed E-state index contributed by atoms with van der Waals surface area (Å²) in [7, 11) is 1.74. The zero-order valence-corrected chi connectivity index (χ0v) is 16.6. The summed E-state index contributed by atoms with van der Waals surface area (Å²) in [6, 6.07) is 8.03. The van der Waals surface area contributed by atoms with E-state index in [0.717, 1.165) is 33.9 Å². The number of fused-ring (bicyclic) bond motifs is 2. The second-order valence-corrected chi connectivity index (χ2v) is 8.18. The maximum atomic E-state index is 12.6. The van der Waals surface area contributed by atoms with Gasteiger partial charge in [0.25, 0.3) is 5.91 Å². The molecule has 0 unspecified atom stereocenters. The molecule has 8 heteroatoms. The van der Waals surface area contributed by atoms with Crippen molar-refractivity contribution in [1.29, 1.82) is 0 Å². The molecule has 0 spiro atoms. The van der Waals surface area contributed by atoms with Gasteiger partial charge in [0.15, 0.2) is 0 Å². The first-order valence-electron chi connectivity index (χ1n) is 9.37. The lowest BCUT2D eigenvalue weighted by Gasteiger charge is -2.14. The van der Waals surface area contributed by atoms with Gasteiger partial charge in [0.05, 0.1) is 15.9 Å². The first-order chi connectivity index (χ1) is 13.6. The van der Waals surface area contributed by atoms with Crippen molar-refractivity contribution in [3.05, 3.63) is 53.0 Å². The number of anilines is 1. The highest BCUT2D eigenvalue weighted by Gasteiger charge is 2.18. The third-order valence-corrected chi connectivity index (χ3v) is 6.14. The second kappa shape index (κ2) is 6.56. The van der Waals surface area contributed by atoms with Crippen molar-refractivity contribution in [3.63, 3.8) is 0 Å². The number of nitrogens with one attached hydrogen (secondary N) is 1. The molecule has 0 saturated carbocycles. The predicted molar refractivity (Wildman–Crippen MR) is 109 cm³/mol. The fourth-order valence-corrected chi connectivity index (χ4v) is 4.72. The normalized spacial score (nSPS) is 13.6. The van der Waals surface area contributed by atoms with E-state index in [-0.39, 0.29) is 5.91 Å². The van der Waals surface area contributed by atoms with Gasteiger partial charge >= 0.3 is 0 Å². The van der Waals surface area contributed by atoms with Crippen LogP contribution in [0.4, 0.5) is 5.82 Å². The zero-order valence-electron chi connectivity index (χ0n) is 15.8. The molecule has 28 heavy (non-hydrogen) atoms. The Morgan fingerprint density at radius 3 is 2.71 bits per heavy atom. The van der Waals surface area contributed by atoms with Crippen LogP contribution in [0.2, 0.25) is 0 Å². The van der Waals surface area contributed by atoms with Crippen LogP contribution in [0.15, 0.2) is 30.5 Å². The Bertz CT molecular complexity index is 1160. The molecule has 0 radical (unpaired) electrons. The summed E-state index contributed by atoms with van der Waals surface area (Å²) >= 11 is 1.60. The van der Waals surface area contributed by atoms with E-state index in [4.69, 9.17) is 4.98 Å². The number of hydrogen-bond donors (Lipinski definition) is 1. The number of benzene rings is 1. The molecule has 4 aromatic rings. The number of nitrogens with zero attached hydrogens (tertiary/aromatic N) is 5. The molecule has 1 aliphatic carbocycles. The van der Waals surface area contributed by atoms with Crippen LogP contribution in [0.5, 0.6) is 0 Å². The maximum Gasteiger partial charge on any atom is 0.275 e. The van der Waals surface area contributed by atoms with E-state index in [9.17, 15) is 4.79 Å². The molecule has 1 N–H and O–H groups in total. The van der Waals surface area contributed by atoms with Crippen molar-refractivity contribution in [2.24, 2.45) is 7.05 Å². The molecule has 3 aromatic heterocycles. The molecular formula is C20H20N6OS. The highest BCUT2D eigenvalue weighted by molar-refractivity contribution is 7.20. The van der Waals surface area contributed by atoms with E-state index >= 15 is 0 Å². The number of thiazole rings is 1. The topological polar surface area (TPSA) is 77.6 Å². The summed E-state index contributed by atoms with van der Waals surface area (Å²) in [6.07, 6.45) is 6.38. The Morgan fingerprint density at radius 2 is 1.96 bits per heavy atom. The Labute approximate surface area is 166 Å². The number of carbonyl (C=O) groups excluding carboxylic acids is 1. The fraction of sp³-hybridized carbons (Fsp3) is 0.300. The van der Waals surface area contributed by atoms with Crippen LogP contribution in [0, 0.1) is 6.92 Å². The van der Waals surface area contributed by atoms with Gasteiger partial charge in [-0.25, -0.2) is 4.98 Å². The Hall–Kier alpha value is -3.00. The zero-order chi connectivity index (χ0) is 19.3. The van der Waals surface area contributed by atoms with Gasteiger partial charge < -0.3 is 5.32 Å². The standard InChI is InChI=1S/C20H20N6OS/c1-12-9-18(23-19(27)16-7-8-21-25(16)2)26(24-12)20-22-15-10-13-5-3-4-6-14(13)11-17(15)28-20/h7-11H,3-6H2,1-2H3,(H,23,27). The van der Waals surface area contributed by atoms with Crippen LogP contribution in [-0.2, 0) is 19.9 Å². The Morgan fingerprint density at radius 1 is 1.18 bits per heavy atom. The van der Waals surface area contributed by atoms with E-state index in [2.05, 4.69) is 27.6 Å². The first-order valence-corrected chi connectivity index (χ1v) is 10.2. The van der Waals surface area contributed by atoms with E-state index in [1.54, 1.807) is 40.0 Å². The maximum absolute atomic E-state index is 12.6. The van der Waals surface area contributed by atoms with Gasteiger partial charge in [0.2, 0.25) is 5.13 Å². The molecule has 0 atom stereocenters. The summed E-state index contributed by atoms with van der Waals surface area (Å²) in [6.45, 7) is 1.91. The van der Waals surface area contributed by atoms with Crippen LogP contribution in [0.3, 0.4) is 0 Å². The van der Waals surface area contributed by atoms with Gasteiger partial charge in [-0.05, 0) is 61.9 Å². The lowest BCUT2D eigenvalue weighted by Crippen LogP contribution is -2.18. The van der Waals surface area contributed by atoms with Crippen molar-refractivity contribution in [3.8, 4) is 5.13 Å². The molecule has 3 heterocycles. The van der Waals surface area contributed by atoms with Gasteiger partial charge in [0.1, 0.15) is 11.5 Å². The molecule has 0 fully saturated rings. The third kappa shape index (κ3) is 2.90. The van der Waals surface area contributed by atoms with Gasteiger partial charge in [-0.2, -0.15) is 14.9 Å². The highest BCUT2D eigenvalue weighted by Crippen LogP contribution is 2.32. The number of hydrogen-bond acceptors (Lipinski definition) is 5. The van der Waals surface area contributed by atoms with Gasteiger partial charge in [0, 0.05) is 19.3 Å². The quantitative estimate of drug-likeness (QED) is 0.577. The van der Waals surface area contributed by atoms with Gasteiger partial charge in [-0.1, -0.05) is 11.3 Å². The SMILES string of the molecule is Cc1cc(NC(=O)c2ccnn2C)n(-c2nc3cc4c(cc3s2)CCCC4)n1. The van der Waals surface area contributed by atoms with Crippen LogP contribution in [0.1, 0.15) is 40.2 Å². The molecule has 0 bridgehead atoms. The minimum Gasteiger partial charge on any atom is -0.305 e. The van der Waals surface area contributed by atoms with Crippen molar-refractivity contribution >= 4 is 33.3 Å². The highest BCUT2D eigenvalue weighted by atomic mass is 32.1. The first kappa shape index (κ1) is 17.1.